The maximum atomic E-state index is 5.57. The van der Waals surface area contributed by atoms with Crippen LogP contribution in [0.2, 0.25) is 0 Å². The number of aryl methyl sites for hydroxylation is 1. The zero-order valence-corrected chi connectivity index (χ0v) is 8.40. The summed E-state index contributed by atoms with van der Waals surface area (Å²) in [5.74, 6) is 2.60. The summed E-state index contributed by atoms with van der Waals surface area (Å²) >= 11 is 0. The molecule has 2 rings (SSSR count). The van der Waals surface area contributed by atoms with E-state index >= 15 is 0 Å². The number of furan rings is 1. The van der Waals surface area contributed by atoms with Crippen molar-refractivity contribution in [3.63, 3.8) is 0 Å². The van der Waals surface area contributed by atoms with Crippen molar-refractivity contribution in [2.75, 3.05) is 11.5 Å². The van der Waals surface area contributed by atoms with Crippen LogP contribution in [0.4, 0.5) is 11.5 Å². The van der Waals surface area contributed by atoms with Crippen LogP contribution in [0.3, 0.4) is 0 Å². The number of nitrogens with two attached hydrogens (primary N) is 2. The third kappa shape index (κ3) is 2.07. The lowest BCUT2D eigenvalue weighted by atomic mass is 10.3. The van der Waals surface area contributed by atoms with Gasteiger partial charge < -0.3 is 15.9 Å². The summed E-state index contributed by atoms with van der Waals surface area (Å²) in [5.41, 5.74) is 11.5. The molecule has 0 aliphatic carbocycles. The van der Waals surface area contributed by atoms with Crippen LogP contribution in [0.5, 0.6) is 0 Å². The van der Waals surface area contributed by atoms with Crippen molar-refractivity contribution in [2.45, 2.75) is 13.3 Å². The van der Waals surface area contributed by atoms with E-state index in [1.165, 1.54) is 6.20 Å². The fourth-order valence-electron chi connectivity index (χ4n) is 1.26. The maximum absolute atomic E-state index is 5.57. The van der Waals surface area contributed by atoms with Crippen LogP contribution >= 0.6 is 0 Å². The van der Waals surface area contributed by atoms with Crippen LogP contribution in [-0.2, 0) is 6.42 Å². The summed E-state index contributed by atoms with van der Waals surface area (Å²) in [6, 6.07) is 3.79. The molecule has 5 nitrogen and oxygen atoms in total. The lowest BCUT2D eigenvalue weighted by Gasteiger charge is -2.01. The minimum absolute atomic E-state index is 0.309. The van der Waals surface area contributed by atoms with E-state index in [2.05, 4.69) is 9.97 Å². The molecule has 0 aliphatic heterocycles. The predicted molar refractivity (Wildman–Crippen MR) is 57.1 cm³/mol. The molecule has 2 aromatic heterocycles. The number of hydrogen-bond donors (Lipinski definition) is 2. The molecule has 0 saturated carbocycles. The number of nitrogen functional groups attached to an aromatic ring is 2. The van der Waals surface area contributed by atoms with Crippen molar-refractivity contribution in [1.82, 2.24) is 9.97 Å². The van der Waals surface area contributed by atoms with Gasteiger partial charge in [0, 0.05) is 0 Å². The van der Waals surface area contributed by atoms with Crippen molar-refractivity contribution < 1.29 is 4.42 Å². The number of anilines is 2. The molecule has 0 saturated heterocycles. The van der Waals surface area contributed by atoms with Crippen molar-refractivity contribution in [1.29, 1.82) is 0 Å². The van der Waals surface area contributed by atoms with Gasteiger partial charge in [0.15, 0.2) is 0 Å². The molecular weight excluding hydrogens is 192 g/mol. The highest BCUT2D eigenvalue weighted by molar-refractivity contribution is 5.55. The highest BCUT2D eigenvalue weighted by Crippen LogP contribution is 2.13. The van der Waals surface area contributed by atoms with Crippen LogP contribution < -0.4 is 11.5 Å². The van der Waals surface area contributed by atoms with Gasteiger partial charge in [-0.3, -0.25) is 0 Å². The average Bonchev–Trinajstić information content (AvgIpc) is 2.58. The fourth-order valence-corrected chi connectivity index (χ4v) is 1.26. The first kappa shape index (κ1) is 9.51. The molecule has 0 bridgehead atoms. The van der Waals surface area contributed by atoms with Gasteiger partial charge in [0.25, 0.3) is 0 Å². The highest BCUT2D eigenvalue weighted by Gasteiger charge is 2.05. The largest absolute Gasteiger partial charge is 0.466 e. The fraction of sp³-hybridized carbons (Fsp3) is 0.200. The molecule has 0 aromatic carbocycles. The van der Waals surface area contributed by atoms with E-state index in [1.54, 1.807) is 0 Å². The molecule has 4 N–H and O–H groups in total. The molecule has 0 unspecified atom stereocenters. The average molecular weight is 204 g/mol. The Bertz CT molecular complexity index is 478. The van der Waals surface area contributed by atoms with Gasteiger partial charge in [-0.25, -0.2) is 9.97 Å². The zero-order chi connectivity index (χ0) is 10.8. The maximum Gasteiger partial charge on any atom is 0.150 e. The first-order valence-electron chi connectivity index (χ1n) is 4.57. The van der Waals surface area contributed by atoms with Gasteiger partial charge in [-0.2, -0.15) is 0 Å². The van der Waals surface area contributed by atoms with Gasteiger partial charge in [0.1, 0.15) is 23.2 Å². The quantitative estimate of drug-likeness (QED) is 0.765. The van der Waals surface area contributed by atoms with Gasteiger partial charge in [-0.15, -0.1) is 0 Å². The van der Waals surface area contributed by atoms with Crippen LogP contribution in [0.25, 0.3) is 0 Å². The van der Waals surface area contributed by atoms with E-state index in [1.807, 2.05) is 19.1 Å². The molecule has 2 heterocycles. The first-order chi connectivity index (χ1) is 7.15. The van der Waals surface area contributed by atoms with E-state index in [0.29, 0.717) is 23.8 Å². The molecule has 0 spiro atoms. The highest BCUT2D eigenvalue weighted by atomic mass is 16.3. The second-order valence-corrected chi connectivity index (χ2v) is 3.32. The van der Waals surface area contributed by atoms with Crippen LogP contribution in [0.1, 0.15) is 17.3 Å². The normalized spacial score (nSPS) is 10.5. The molecular formula is C10H12N4O. The lowest BCUT2D eigenvalue weighted by molar-refractivity contribution is 0.490. The summed E-state index contributed by atoms with van der Waals surface area (Å²) in [6.45, 7) is 1.89. The Morgan fingerprint density at radius 2 is 2.13 bits per heavy atom. The van der Waals surface area contributed by atoms with Crippen LogP contribution in [-0.4, -0.2) is 9.97 Å². The number of hydrogen-bond acceptors (Lipinski definition) is 5. The lowest BCUT2D eigenvalue weighted by Crippen LogP contribution is -2.03. The van der Waals surface area contributed by atoms with Gasteiger partial charge >= 0.3 is 0 Å². The molecule has 78 valence electrons. The first-order valence-corrected chi connectivity index (χ1v) is 4.57. The Labute approximate surface area is 87.1 Å². The number of rotatable bonds is 2. The molecule has 0 aliphatic rings. The molecule has 0 amide bonds. The zero-order valence-electron chi connectivity index (χ0n) is 8.40. The summed E-state index contributed by atoms with van der Waals surface area (Å²) < 4.78 is 5.41. The molecule has 0 atom stereocenters. The smallest absolute Gasteiger partial charge is 0.150 e. The van der Waals surface area contributed by atoms with Crippen LogP contribution in [0, 0.1) is 6.92 Å². The minimum atomic E-state index is 0.309. The SMILES string of the molecule is Cc1ccc(Cc2ncc(N)c(N)n2)o1. The van der Waals surface area contributed by atoms with Gasteiger partial charge in [-0.1, -0.05) is 0 Å². The predicted octanol–water partition coefficient (Wildman–Crippen LogP) is 1.13. The van der Waals surface area contributed by atoms with E-state index < -0.39 is 0 Å². The van der Waals surface area contributed by atoms with E-state index in [-0.39, 0.29) is 0 Å². The summed E-state index contributed by atoms with van der Waals surface area (Å²) in [5, 5.41) is 0. The van der Waals surface area contributed by atoms with Crippen molar-refractivity contribution in [2.24, 2.45) is 0 Å². The molecule has 15 heavy (non-hydrogen) atoms. The number of aromatic nitrogens is 2. The molecule has 2 aromatic rings. The van der Waals surface area contributed by atoms with Crippen molar-refractivity contribution >= 4 is 11.5 Å². The Hall–Kier alpha value is -2.04. The number of nitrogens with zero attached hydrogens (tertiary/aromatic N) is 2. The second-order valence-electron chi connectivity index (χ2n) is 3.32. The van der Waals surface area contributed by atoms with E-state index in [4.69, 9.17) is 15.9 Å². The molecule has 5 heteroatoms. The third-order valence-electron chi connectivity index (χ3n) is 2.03. The Balaban J connectivity index is 2.21. The monoisotopic (exact) mass is 204 g/mol. The third-order valence-corrected chi connectivity index (χ3v) is 2.03. The van der Waals surface area contributed by atoms with Crippen LogP contribution in [0.15, 0.2) is 22.7 Å². The summed E-state index contributed by atoms with van der Waals surface area (Å²) in [6.07, 6.45) is 2.03. The van der Waals surface area contributed by atoms with Crippen molar-refractivity contribution in [3.05, 3.63) is 35.7 Å². The summed E-state index contributed by atoms with van der Waals surface area (Å²) in [7, 11) is 0. The van der Waals surface area contributed by atoms with E-state index in [9.17, 15) is 0 Å². The Morgan fingerprint density at radius 1 is 1.33 bits per heavy atom. The van der Waals surface area contributed by atoms with Gasteiger partial charge in [0.05, 0.1) is 18.3 Å². The second kappa shape index (κ2) is 3.61. The molecule has 0 radical (unpaired) electrons. The Kier molecular flexibility index (Phi) is 2.29. The van der Waals surface area contributed by atoms with E-state index in [0.717, 1.165) is 11.5 Å². The summed E-state index contributed by atoms with van der Waals surface area (Å²) in [4.78, 5) is 8.13. The van der Waals surface area contributed by atoms with Gasteiger partial charge in [0.2, 0.25) is 0 Å². The topological polar surface area (TPSA) is 91.0 Å². The Morgan fingerprint density at radius 3 is 2.73 bits per heavy atom. The minimum Gasteiger partial charge on any atom is -0.466 e. The van der Waals surface area contributed by atoms with Gasteiger partial charge in [-0.05, 0) is 19.1 Å². The standard InChI is InChI=1S/C10H12N4O/c1-6-2-3-7(15-6)4-9-13-5-8(11)10(12)14-9/h2-3,5H,4,11H2,1H3,(H2,12,13,14). The molecule has 0 fully saturated rings. The van der Waals surface area contributed by atoms with Crippen molar-refractivity contribution in [3.8, 4) is 0 Å².